The van der Waals surface area contributed by atoms with Gasteiger partial charge in [0, 0.05) is 12.1 Å². The molecule has 0 spiro atoms. The van der Waals surface area contributed by atoms with Crippen molar-refractivity contribution < 1.29 is 9.37 Å². The maximum Gasteiger partial charge on any atom is 0.391 e. The minimum Gasteiger partial charge on any atom is -0.219 e. The van der Waals surface area contributed by atoms with Crippen molar-refractivity contribution in [3.8, 4) is 0 Å². The number of hydrogen-bond donors (Lipinski definition) is 0. The molecule has 0 atom stereocenters. The zero-order chi connectivity index (χ0) is 17.0. The van der Waals surface area contributed by atoms with Crippen LogP contribution in [0.3, 0.4) is 0 Å². The molecule has 0 heterocycles. The van der Waals surface area contributed by atoms with Gasteiger partial charge in [-0.3, -0.25) is 0 Å². The Hall–Kier alpha value is -2.48. The second-order valence-corrected chi connectivity index (χ2v) is 5.70. The van der Waals surface area contributed by atoms with Crippen molar-refractivity contribution in [3.63, 3.8) is 0 Å². The fraction of sp³-hybridized carbons (Fsp3) is 0.238. The van der Waals surface area contributed by atoms with Gasteiger partial charge in [-0.15, -0.1) is 4.58 Å². The second kappa shape index (κ2) is 7.19. The van der Waals surface area contributed by atoms with Crippen LogP contribution in [0.1, 0.15) is 42.5 Å². The van der Waals surface area contributed by atoms with Gasteiger partial charge in [0.2, 0.25) is 5.69 Å². The molecule has 0 saturated carbocycles. The van der Waals surface area contributed by atoms with Gasteiger partial charge in [0.05, 0.1) is 6.42 Å². The van der Waals surface area contributed by atoms with Gasteiger partial charge in [0.25, 0.3) is 0 Å². The van der Waals surface area contributed by atoms with E-state index in [1.54, 1.807) is 0 Å². The summed E-state index contributed by atoms with van der Waals surface area (Å²) in [6, 6.07) is 14.3. The van der Waals surface area contributed by atoms with Gasteiger partial charge < -0.3 is 0 Å². The molecule has 0 aromatic heterocycles. The normalized spacial score (nSPS) is 10.4. The van der Waals surface area contributed by atoms with E-state index < -0.39 is 0 Å². The van der Waals surface area contributed by atoms with Crippen molar-refractivity contribution in [1.29, 1.82) is 0 Å². The lowest BCUT2D eigenvalue weighted by molar-refractivity contribution is -0.358. The van der Waals surface area contributed by atoms with Gasteiger partial charge in [-0.1, -0.05) is 38.6 Å². The summed E-state index contributed by atoms with van der Waals surface area (Å²) in [5.41, 5.74) is 6.62. The molecule has 0 bridgehead atoms. The predicted octanol–water partition coefficient (Wildman–Crippen LogP) is 4.90. The van der Waals surface area contributed by atoms with E-state index in [0.717, 1.165) is 28.8 Å². The maximum atomic E-state index is 11.7. The van der Waals surface area contributed by atoms with E-state index in [1.807, 2.05) is 31.2 Å². The Morgan fingerprint density at radius 3 is 2.17 bits per heavy atom. The molecule has 2 rings (SSSR count). The molecule has 0 N–H and O–H groups in total. The first-order valence-electron chi connectivity index (χ1n) is 8.00. The first-order chi connectivity index (χ1) is 11.0. The van der Waals surface area contributed by atoms with E-state index >= 15 is 0 Å². The number of nitrogens with zero attached hydrogens (tertiary/aromatic N) is 1. The maximum absolute atomic E-state index is 11.7. The van der Waals surface area contributed by atoms with Crippen LogP contribution in [0.25, 0.3) is 5.57 Å². The third kappa shape index (κ3) is 3.65. The van der Waals surface area contributed by atoms with Crippen LogP contribution in [0.15, 0.2) is 49.0 Å². The zero-order valence-electron chi connectivity index (χ0n) is 14.2. The molecule has 2 aromatic rings. The summed E-state index contributed by atoms with van der Waals surface area (Å²) in [6.45, 7) is 14.2. The average Bonchev–Trinajstić information content (AvgIpc) is 2.59. The Morgan fingerprint density at radius 2 is 1.65 bits per heavy atom. The topological polar surface area (TPSA) is 20.1 Å². The molecular formula is C21H24NO+. The van der Waals surface area contributed by atoms with Crippen molar-refractivity contribution in [2.75, 3.05) is 0 Å². The highest BCUT2D eigenvalue weighted by atomic mass is 16.2. The summed E-state index contributed by atoms with van der Waals surface area (Å²) < 4.78 is 1.44. The molecular weight excluding hydrogens is 282 g/mol. The monoisotopic (exact) mass is 306 g/mol. The van der Waals surface area contributed by atoms with E-state index in [2.05, 4.69) is 45.3 Å². The molecule has 0 saturated heterocycles. The van der Waals surface area contributed by atoms with Crippen molar-refractivity contribution in [2.45, 2.75) is 33.6 Å². The number of carbonyl (C=O) groups excluding carboxylic acids is 1. The van der Waals surface area contributed by atoms with Gasteiger partial charge in [-0.05, 0) is 53.3 Å². The Balaban J connectivity index is 2.25. The molecule has 0 aliphatic carbocycles. The van der Waals surface area contributed by atoms with Gasteiger partial charge in [0.15, 0.2) is 0 Å². The van der Waals surface area contributed by atoms with Crippen LogP contribution in [0.4, 0.5) is 5.69 Å². The highest BCUT2D eigenvalue weighted by Gasteiger charge is 2.15. The van der Waals surface area contributed by atoms with Gasteiger partial charge in [-0.2, -0.15) is 0 Å². The number of carbonyl (C=O) groups is 1. The molecule has 0 aliphatic rings. The van der Waals surface area contributed by atoms with E-state index in [4.69, 9.17) is 0 Å². The molecule has 2 nitrogen and oxygen atoms in total. The highest BCUT2D eigenvalue weighted by molar-refractivity contribution is 5.79. The predicted molar refractivity (Wildman–Crippen MR) is 97.5 cm³/mol. The summed E-state index contributed by atoms with van der Waals surface area (Å²) >= 11 is 0. The molecule has 0 radical (unpaired) electrons. The lowest BCUT2D eigenvalue weighted by atomic mass is 9.95. The van der Waals surface area contributed by atoms with E-state index in [9.17, 15) is 4.79 Å². The fourth-order valence-electron chi connectivity index (χ4n) is 2.62. The van der Waals surface area contributed by atoms with Crippen molar-refractivity contribution in [2.24, 2.45) is 0 Å². The Kier molecular flexibility index (Phi) is 5.28. The Morgan fingerprint density at radius 1 is 1.04 bits per heavy atom. The van der Waals surface area contributed by atoms with Crippen molar-refractivity contribution in [3.05, 3.63) is 71.3 Å². The standard InChI is InChI=1S/C21H24NO/c1-6-17-8-9-19(14-15(17)3)16(4)18-10-12-20(13-11-18)22(5)21(23)7-2/h8-14H,4-7H2,1-3H3/q+1. The molecule has 118 valence electrons. The summed E-state index contributed by atoms with van der Waals surface area (Å²) in [6.07, 6.45) is 1.49. The largest absolute Gasteiger partial charge is 0.391 e. The van der Waals surface area contributed by atoms with Gasteiger partial charge in [0.1, 0.15) is 6.72 Å². The molecule has 2 aromatic carbocycles. The minimum absolute atomic E-state index is 0.00218. The summed E-state index contributed by atoms with van der Waals surface area (Å²) in [5.74, 6) is 0.00218. The van der Waals surface area contributed by atoms with Crippen LogP contribution < -0.4 is 0 Å². The van der Waals surface area contributed by atoms with Crippen LogP contribution in [0.5, 0.6) is 0 Å². The minimum atomic E-state index is 0.00218. The van der Waals surface area contributed by atoms with Gasteiger partial charge in [-0.25, -0.2) is 4.79 Å². The molecule has 23 heavy (non-hydrogen) atoms. The van der Waals surface area contributed by atoms with Crippen LogP contribution in [-0.2, 0) is 11.2 Å². The number of aryl methyl sites for hydroxylation is 2. The summed E-state index contributed by atoms with van der Waals surface area (Å²) in [7, 11) is 0. The smallest absolute Gasteiger partial charge is 0.219 e. The molecule has 1 amide bonds. The van der Waals surface area contributed by atoms with Crippen LogP contribution >= 0.6 is 0 Å². The fourth-order valence-corrected chi connectivity index (χ4v) is 2.62. The quantitative estimate of drug-likeness (QED) is 0.568. The number of rotatable bonds is 5. The molecule has 0 aliphatic heterocycles. The van der Waals surface area contributed by atoms with E-state index in [0.29, 0.717) is 6.42 Å². The van der Waals surface area contributed by atoms with Crippen LogP contribution in [-0.4, -0.2) is 17.2 Å². The summed E-state index contributed by atoms with van der Waals surface area (Å²) in [4.78, 5) is 11.7. The molecule has 0 unspecified atom stereocenters. The SMILES string of the molecule is C=C(c1ccc([N+](=C)C(=O)CC)cc1)c1ccc(CC)c(C)c1. The lowest BCUT2D eigenvalue weighted by Gasteiger charge is -2.10. The van der Waals surface area contributed by atoms with Crippen molar-refractivity contribution >= 4 is 23.9 Å². The van der Waals surface area contributed by atoms with Crippen LogP contribution in [0, 0.1) is 6.92 Å². The highest BCUT2D eigenvalue weighted by Crippen LogP contribution is 2.25. The third-order valence-corrected chi connectivity index (χ3v) is 4.20. The number of amides is 1. The molecule has 0 fully saturated rings. The van der Waals surface area contributed by atoms with E-state index in [-0.39, 0.29) is 5.91 Å². The second-order valence-electron chi connectivity index (χ2n) is 5.70. The average molecular weight is 306 g/mol. The zero-order valence-corrected chi connectivity index (χ0v) is 14.2. The van der Waals surface area contributed by atoms with Gasteiger partial charge >= 0.3 is 5.91 Å². The number of hydrogen-bond acceptors (Lipinski definition) is 1. The molecule has 2 heteroatoms. The lowest BCUT2D eigenvalue weighted by Crippen LogP contribution is -2.12. The Bertz CT molecular complexity index is 754. The van der Waals surface area contributed by atoms with E-state index in [1.165, 1.54) is 15.7 Å². The third-order valence-electron chi connectivity index (χ3n) is 4.20. The first-order valence-corrected chi connectivity index (χ1v) is 8.00. The Labute approximate surface area is 138 Å². The summed E-state index contributed by atoms with van der Waals surface area (Å²) in [5, 5.41) is 0. The van der Waals surface area contributed by atoms with Crippen molar-refractivity contribution in [1.82, 2.24) is 0 Å². The van der Waals surface area contributed by atoms with Crippen LogP contribution in [0.2, 0.25) is 0 Å². The first kappa shape index (κ1) is 16.9. The number of benzene rings is 2.